The van der Waals surface area contributed by atoms with Gasteiger partial charge in [-0.1, -0.05) is 18.2 Å². The van der Waals surface area contributed by atoms with Crippen LogP contribution in [0.4, 0.5) is 8.78 Å². The standard InChI is InChI=1S/C40H42F2N2O8S2/c1-44(26-9-11-27(12-10-26)52-39(49)40(50,34-7-3-19-53-34)35-8-4-20-54-35)17-18-51-37(48)23-25-22-30(41)24(21-31(25)42)5-2-6-32(45)28-13-15-33(46)38-29(28)14-16-36(47)43-38/h3-4,7-8,13-16,19-22,26-27,32,45-46,50H,2,5-6,9-12,17-18,23H2,1H3,(H,43,47)/t26?,27?,32-/m0/s1. The number of pyridine rings is 1. The largest absolute Gasteiger partial charge is 0.506 e. The molecule has 0 unspecified atom stereocenters. The number of aliphatic hydroxyl groups excluding tert-OH is 1. The number of carbonyl (C=O) groups excluding carboxylic acids is 2. The van der Waals surface area contributed by atoms with Crippen molar-refractivity contribution < 1.29 is 43.2 Å². The molecule has 4 N–H and O–H groups in total. The molecule has 0 saturated heterocycles. The Labute approximate surface area is 318 Å². The molecule has 0 bridgehead atoms. The van der Waals surface area contributed by atoms with Crippen molar-refractivity contribution in [2.75, 3.05) is 20.2 Å². The molecule has 0 amide bonds. The number of esters is 2. The zero-order valence-electron chi connectivity index (χ0n) is 29.6. The lowest BCUT2D eigenvalue weighted by atomic mass is 9.91. The van der Waals surface area contributed by atoms with Crippen molar-refractivity contribution in [3.63, 3.8) is 0 Å². The first kappa shape index (κ1) is 39.2. The van der Waals surface area contributed by atoms with Crippen molar-refractivity contribution in [3.05, 3.63) is 120 Å². The van der Waals surface area contributed by atoms with E-state index in [4.69, 9.17) is 9.47 Å². The molecule has 1 aliphatic carbocycles. The highest BCUT2D eigenvalue weighted by Crippen LogP contribution is 2.38. The second-order valence-corrected chi connectivity index (χ2v) is 15.5. The highest BCUT2D eigenvalue weighted by molar-refractivity contribution is 7.12. The fraction of sp³-hybridized carbons (Fsp3) is 0.375. The number of benzene rings is 2. The van der Waals surface area contributed by atoms with Crippen molar-refractivity contribution in [3.8, 4) is 5.75 Å². The summed E-state index contributed by atoms with van der Waals surface area (Å²) in [7, 11) is 1.92. The van der Waals surface area contributed by atoms with Crippen molar-refractivity contribution in [1.29, 1.82) is 0 Å². The summed E-state index contributed by atoms with van der Waals surface area (Å²) in [6, 6.07) is 15.0. The van der Waals surface area contributed by atoms with Crippen LogP contribution in [0.3, 0.4) is 0 Å². The lowest BCUT2D eigenvalue weighted by Gasteiger charge is -2.35. The summed E-state index contributed by atoms with van der Waals surface area (Å²) in [6.07, 6.45) is 1.65. The predicted octanol–water partition coefficient (Wildman–Crippen LogP) is 6.50. The number of nitrogens with zero attached hydrogens (tertiary/aromatic N) is 1. The van der Waals surface area contributed by atoms with Crippen molar-refractivity contribution in [2.24, 2.45) is 0 Å². The van der Waals surface area contributed by atoms with Crippen LogP contribution in [0.15, 0.2) is 76.2 Å². The van der Waals surface area contributed by atoms with Crippen LogP contribution in [0.5, 0.6) is 5.75 Å². The number of aromatic hydroxyl groups is 1. The Hall–Kier alpha value is -4.47. The zero-order chi connectivity index (χ0) is 38.4. The van der Waals surface area contributed by atoms with Gasteiger partial charge in [0.25, 0.3) is 0 Å². The van der Waals surface area contributed by atoms with Crippen molar-refractivity contribution in [1.82, 2.24) is 9.88 Å². The van der Waals surface area contributed by atoms with E-state index in [1.54, 1.807) is 30.3 Å². The van der Waals surface area contributed by atoms with E-state index in [0.29, 0.717) is 46.5 Å². The molecule has 1 atom stereocenters. The molecule has 2 aromatic carbocycles. The quantitative estimate of drug-likeness (QED) is 0.0874. The number of phenolic OH excluding ortho intramolecular Hbond substituents is 1. The second-order valence-electron chi connectivity index (χ2n) is 13.6. The molecule has 1 fully saturated rings. The van der Waals surface area contributed by atoms with Gasteiger partial charge in [0, 0.05) is 29.6 Å². The van der Waals surface area contributed by atoms with Gasteiger partial charge in [0.15, 0.2) is 0 Å². The number of aromatic amines is 1. The second kappa shape index (κ2) is 17.3. The third-order valence-electron chi connectivity index (χ3n) is 10.0. The van der Waals surface area contributed by atoms with E-state index in [1.165, 1.54) is 40.9 Å². The molecule has 6 rings (SSSR count). The first-order valence-electron chi connectivity index (χ1n) is 17.8. The third-order valence-corrected chi connectivity index (χ3v) is 12.0. The van der Waals surface area contributed by atoms with E-state index in [2.05, 4.69) is 9.88 Å². The summed E-state index contributed by atoms with van der Waals surface area (Å²) in [6.45, 7) is 0.493. The number of likely N-dealkylation sites (N-methyl/N-ethyl adjacent to an activating group) is 1. The summed E-state index contributed by atoms with van der Waals surface area (Å²) in [4.78, 5) is 43.2. The number of rotatable bonds is 15. The van der Waals surface area contributed by atoms with E-state index in [1.807, 2.05) is 17.8 Å². The van der Waals surface area contributed by atoms with Crippen LogP contribution in [0.1, 0.15) is 71.1 Å². The van der Waals surface area contributed by atoms with Gasteiger partial charge in [-0.3, -0.25) is 9.59 Å². The smallest absolute Gasteiger partial charge is 0.349 e. The first-order valence-corrected chi connectivity index (χ1v) is 19.6. The Morgan fingerprint density at radius 2 is 1.65 bits per heavy atom. The van der Waals surface area contributed by atoms with Crippen LogP contribution in [-0.4, -0.2) is 69.5 Å². The predicted molar refractivity (Wildman–Crippen MR) is 202 cm³/mol. The molecular formula is C40H42F2N2O8S2. The molecule has 54 heavy (non-hydrogen) atoms. The number of hydrogen-bond donors (Lipinski definition) is 4. The van der Waals surface area contributed by atoms with Gasteiger partial charge in [-0.15, -0.1) is 22.7 Å². The van der Waals surface area contributed by atoms with Gasteiger partial charge in [-0.25, -0.2) is 13.6 Å². The van der Waals surface area contributed by atoms with Gasteiger partial charge in [0.1, 0.15) is 30.1 Å². The van der Waals surface area contributed by atoms with E-state index in [0.717, 1.165) is 25.0 Å². The average Bonchev–Trinajstić information content (AvgIpc) is 3.90. The van der Waals surface area contributed by atoms with Crippen molar-refractivity contribution in [2.45, 2.75) is 75.2 Å². The van der Waals surface area contributed by atoms with Crippen LogP contribution >= 0.6 is 22.7 Å². The van der Waals surface area contributed by atoms with Gasteiger partial charge in [-0.2, -0.15) is 0 Å². The molecule has 3 heterocycles. The Bertz CT molecular complexity index is 2080. The maximum absolute atomic E-state index is 15.0. The maximum Gasteiger partial charge on any atom is 0.349 e. The number of halogens is 2. The lowest BCUT2D eigenvalue weighted by Crippen LogP contribution is -2.42. The molecular weight excluding hydrogens is 739 g/mol. The van der Waals surface area contributed by atoms with Crippen molar-refractivity contribution >= 4 is 45.5 Å². The number of ether oxygens (including phenoxy) is 2. The van der Waals surface area contributed by atoms with Crippen LogP contribution in [0.25, 0.3) is 10.9 Å². The summed E-state index contributed by atoms with van der Waals surface area (Å²) in [5.41, 5.74) is -1.54. The number of phenols is 1. The molecule has 10 nitrogen and oxygen atoms in total. The Kier molecular flexibility index (Phi) is 12.6. The summed E-state index contributed by atoms with van der Waals surface area (Å²) in [5.74, 6) is -2.88. The minimum absolute atomic E-state index is 0.0653. The van der Waals surface area contributed by atoms with Gasteiger partial charge in [0.05, 0.1) is 27.8 Å². The minimum atomic E-state index is -1.85. The molecule has 14 heteroatoms. The van der Waals surface area contributed by atoms with E-state index in [9.17, 15) is 38.5 Å². The van der Waals surface area contributed by atoms with E-state index >= 15 is 0 Å². The number of thiophene rings is 2. The molecule has 3 aromatic heterocycles. The maximum atomic E-state index is 15.0. The van der Waals surface area contributed by atoms with Crippen LogP contribution < -0.4 is 5.56 Å². The third kappa shape index (κ3) is 8.90. The topological polar surface area (TPSA) is 149 Å². The number of fused-ring (bicyclic) bond motifs is 1. The van der Waals surface area contributed by atoms with Crippen LogP contribution in [-0.2, 0) is 37.5 Å². The molecule has 1 saturated carbocycles. The molecule has 0 spiro atoms. The number of aromatic nitrogens is 1. The van der Waals surface area contributed by atoms with Crippen LogP contribution in [0.2, 0.25) is 0 Å². The first-order chi connectivity index (χ1) is 25.9. The van der Waals surface area contributed by atoms with E-state index < -0.39 is 47.3 Å². The number of hydrogen-bond acceptors (Lipinski definition) is 11. The van der Waals surface area contributed by atoms with Gasteiger partial charge in [0.2, 0.25) is 11.2 Å². The Morgan fingerprint density at radius 3 is 2.31 bits per heavy atom. The summed E-state index contributed by atoms with van der Waals surface area (Å²) >= 11 is 2.59. The zero-order valence-corrected chi connectivity index (χ0v) is 31.3. The minimum Gasteiger partial charge on any atom is -0.506 e. The fourth-order valence-electron chi connectivity index (χ4n) is 6.97. The number of aliphatic hydroxyl groups is 2. The SMILES string of the molecule is CN(CCOC(=O)Cc1cc(F)c(CCC[C@H](O)c2ccc(O)c3[nH]c(=O)ccc23)cc1F)C1CCC(OC(=O)C(O)(c2cccs2)c2cccs2)CC1. The normalized spacial score (nSPS) is 16.8. The molecule has 0 aliphatic heterocycles. The molecule has 286 valence electrons. The Balaban J connectivity index is 0.924. The molecule has 5 aromatic rings. The van der Waals surface area contributed by atoms with Gasteiger partial charge < -0.3 is 34.7 Å². The monoisotopic (exact) mass is 780 g/mol. The molecule has 0 radical (unpaired) electrons. The number of carbonyl (C=O) groups is 2. The summed E-state index contributed by atoms with van der Waals surface area (Å²) < 4.78 is 41.2. The van der Waals surface area contributed by atoms with Crippen LogP contribution in [0, 0.1) is 11.6 Å². The number of nitrogens with one attached hydrogen (secondary N) is 1. The fourth-order valence-corrected chi connectivity index (χ4v) is 8.69. The van der Waals surface area contributed by atoms with E-state index in [-0.39, 0.29) is 54.0 Å². The number of H-pyrrole nitrogens is 1. The number of aryl methyl sites for hydroxylation is 1. The summed E-state index contributed by atoms with van der Waals surface area (Å²) in [5, 5.41) is 36.5. The molecule has 1 aliphatic rings. The Morgan fingerprint density at radius 1 is 0.981 bits per heavy atom. The lowest BCUT2D eigenvalue weighted by molar-refractivity contribution is -0.169. The average molecular weight is 781 g/mol. The highest BCUT2D eigenvalue weighted by Gasteiger charge is 2.45. The highest BCUT2D eigenvalue weighted by atomic mass is 32.1. The van der Waals surface area contributed by atoms with Gasteiger partial charge >= 0.3 is 11.9 Å². The van der Waals surface area contributed by atoms with Gasteiger partial charge in [-0.05, 0) is 110 Å².